The first-order chi connectivity index (χ1) is 13.2. The Kier molecular flexibility index (Phi) is 5.21. The molecule has 2 aromatic carbocycles. The van der Waals surface area contributed by atoms with Crippen LogP contribution in [0.3, 0.4) is 0 Å². The molecule has 0 saturated heterocycles. The van der Waals surface area contributed by atoms with Crippen LogP contribution in [0.2, 0.25) is 0 Å². The number of carbonyl (C=O) groups excluding carboxylic acids is 1. The van der Waals surface area contributed by atoms with Gasteiger partial charge in [-0.25, -0.2) is 18.7 Å². The van der Waals surface area contributed by atoms with Gasteiger partial charge in [-0.1, -0.05) is 12.1 Å². The van der Waals surface area contributed by atoms with Gasteiger partial charge < -0.3 is 10.6 Å². The standard InChI is InChI=1S/C18H11F5N4O/c19-13-6-5-11(7-14(13)20)26-17-24-8-10(9-25-17)16(28)27-15-4-2-1-3-12(15)18(21,22)23/h1-9H,(H,27,28)(H,24,25,26). The van der Waals surface area contributed by atoms with E-state index in [1.165, 1.54) is 18.2 Å². The van der Waals surface area contributed by atoms with Gasteiger partial charge in [0.1, 0.15) is 0 Å². The molecule has 0 atom stereocenters. The SMILES string of the molecule is O=C(Nc1ccccc1C(F)(F)F)c1cnc(Nc2ccc(F)c(F)c2)nc1. The van der Waals surface area contributed by atoms with E-state index in [1.54, 1.807) is 0 Å². The molecule has 3 aromatic rings. The third-order valence-corrected chi connectivity index (χ3v) is 3.57. The van der Waals surface area contributed by atoms with Crippen molar-refractivity contribution in [3.8, 4) is 0 Å². The summed E-state index contributed by atoms with van der Waals surface area (Å²) in [6.07, 6.45) is -2.46. The van der Waals surface area contributed by atoms with Crippen molar-refractivity contribution in [2.45, 2.75) is 6.18 Å². The molecule has 0 fully saturated rings. The largest absolute Gasteiger partial charge is 0.418 e. The first-order valence-electron chi connectivity index (χ1n) is 7.76. The van der Waals surface area contributed by atoms with Crippen molar-refractivity contribution < 1.29 is 26.7 Å². The number of para-hydroxylation sites is 1. The van der Waals surface area contributed by atoms with Crippen LogP contribution in [0.5, 0.6) is 0 Å². The minimum atomic E-state index is -4.63. The second-order valence-electron chi connectivity index (χ2n) is 5.55. The fourth-order valence-electron chi connectivity index (χ4n) is 2.25. The second kappa shape index (κ2) is 7.59. The lowest BCUT2D eigenvalue weighted by Crippen LogP contribution is -2.17. The summed E-state index contributed by atoms with van der Waals surface area (Å²) < 4.78 is 65.0. The van der Waals surface area contributed by atoms with Gasteiger partial charge in [0.15, 0.2) is 11.6 Å². The van der Waals surface area contributed by atoms with Crippen molar-refractivity contribution in [1.29, 1.82) is 0 Å². The van der Waals surface area contributed by atoms with Crippen molar-refractivity contribution in [3.05, 3.63) is 77.6 Å². The number of anilines is 3. The van der Waals surface area contributed by atoms with Gasteiger partial charge in [-0.2, -0.15) is 13.2 Å². The van der Waals surface area contributed by atoms with E-state index in [0.717, 1.165) is 36.7 Å². The summed E-state index contributed by atoms with van der Waals surface area (Å²) in [6.45, 7) is 0. The van der Waals surface area contributed by atoms with Crippen LogP contribution in [0.4, 0.5) is 39.3 Å². The molecule has 0 aliphatic carbocycles. The van der Waals surface area contributed by atoms with Gasteiger partial charge in [-0.05, 0) is 24.3 Å². The Bertz CT molecular complexity index is 1010. The average molecular weight is 394 g/mol. The molecule has 5 nitrogen and oxygen atoms in total. The number of nitrogens with one attached hydrogen (secondary N) is 2. The Morgan fingerprint density at radius 3 is 2.25 bits per heavy atom. The molecule has 0 saturated carbocycles. The molecule has 0 radical (unpaired) electrons. The van der Waals surface area contributed by atoms with Crippen LogP contribution in [0.1, 0.15) is 15.9 Å². The lowest BCUT2D eigenvalue weighted by molar-refractivity contribution is -0.136. The lowest BCUT2D eigenvalue weighted by Gasteiger charge is -2.13. The van der Waals surface area contributed by atoms with Crippen LogP contribution in [0, 0.1) is 11.6 Å². The van der Waals surface area contributed by atoms with Gasteiger partial charge >= 0.3 is 6.18 Å². The number of rotatable bonds is 4. The molecule has 1 heterocycles. The van der Waals surface area contributed by atoms with Crippen LogP contribution in [0.15, 0.2) is 54.9 Å². The molecule has 0 unspecified atom stereocenters. The van der Waals surface area contributed by atoms with Crippen LogP contribution in [-0.2, 0) is 6.18 Å². The summed E-state index contributed by atoms with van der Waals surface area (Å²) >= 11 is 0. The van der Waals surface area contributed by atoms with Crippen LogP contribution in [0.25, 0.3) is 0 Å². The first-order valence-corrected chi connectivity index (χ1v) is 7.76. The monoisotopic (exact) mass is 394 g/mol. The lowest BCUT2D eigenvalue weighted by atomic mass is 10.1. The van der Waals surface area contributed by atoms with Gasteiger partial charge in [-0.3, -0.25) is 4.79 Å². The molecule has 0 aliphatic rings. The normalized spacial score (nSPS) is 11.2. The number of aromatic nitrogens is 2. The quantitative estimate of drug-likeness (QED) is 0.626. The molecule has 1 amide bonds. The molecule has 1 aromatic heterocycles. The molecule has 2 N–H and O–H groups in total. The zero-order valence-electron chi connectivity index (χ0n) is 13.9. The van der Waals surface area contributed by atoms with Crippen LogP contribution in [-0.4, -0.2) is 15.9 Å². The fraction of sp³-hybridized carbons (Fsp3) is 0.0556. The molecular formula is C18H11F5N4O. The van der Waals surface area contributed by atoms with Crippen molar-refractivity contribution in [3.63, 3.8) is 0 Å². The minimum absolute atomic E-state index is 0.0155. The van der Waals surface area contributed by atoms with Gasteiger partial charge in [0.25, 0.3) is 5.91 Å². The van der Waals surface area contributed by atoms with E-state index >= 15 is 0 Å². The van der Waals surface area contributed by atoms with Crippen molar-refractivity contribution in [2.75, 3.05) is 10.6 Å². The average Bonchev–Trinajstić information content (AvgIpc) is 2.65. The van der Waals surface area contributed by atoms with Gasteiger partial charge in [0.2, 0.25) is 5.95 Å². The molecule has 0 bridgehead atoms. The topological polar surface area (TPSA) is 66.9 Å². The summed E-state index contributed by atoms with van der Waals surface area (Å²) in [4.78, 5) is 19.9. The summed E-state index contributed by atoms with van der Waals surface area (Å²) in [5, 5.41) is 4.77. The van der Waals surface area contributed by atoms with E-state index in [4.69, 9.17) is 0 Å². The smallest absolute Gasteiger partial charge is 0.324 e. The van der Waals surface area contributed by atoms with Gasteiger partial charge in [0.05, 0.1) is 16.8 Å². The minimum Gasteiger partial charge on any atom is -0.324 e. The number of hydrogen-bond acceptors (Lipinski definition) is 4. The van der Waals surface area contributed by atoms with E-state index in [-0.39, 0.29) is 17.2 Å². The number of halogens is 5. The fourth-order valence-corrected chi connectivity index (χ4v) is 2.25. The summed E-state index contributed by atoms with van der Waals surface area (Å²) in [5.41, 5.74) is -1.30. The molecule has 0 aliphatic heterocycles. The predicted molar refractivity (Wildman–Crippen MR) is 91.1 cm³/mol. The van der Waals surface area contributed by atoms with Crippen LogP contribution >= 0.6 is 0 Å². The zero-order valence-corrected chi connectivity index (χ0v) is 13.9. The Morgan fingerprint density at radius 1 is 0.929 bits per heavy atom. The number of benzene rings is 2. The molecular weight excluding hydrogens is 383 g/mol. The first kappa shape index (κ1) is 19.2. The maximum absolute atomic E-state index is 13.2. The van der Waals surface area contributed by atoms with E-state index in [9.17, 15) is 26.7 Å². The summed E-state index contributed by atoms with van der Waals surface area (Å²) in [7, 11) is 0. The second-order valence-corrected chi connectivity index (χ2v) is 5.55. The predicted octanol–water partition coefficient (Wildman–Crippen LogP) is 4.77. The van der Waals surface area contributed by atoms with Crippen molar-refractivity contribution >= 4 is 23.2 Å². The van der Waals surface area contributed by atoms with Crippen molar-refractivity contribution in [1.82, 2.24) is 9.97 Å². The van der Waals surface area contributed by atoms with E-state index in [2.05, 4.69) is 20.6 Å². The number of carbonyl (C=O) groups is 1. The van der Waals surface area contributed by atoms with E-state index in [1.807, 2.05) is 0 Å². The van der Waals surface area contributed by atoms with E-state index in [0.29, 0.717) is 0 Å². The highest BCUT2D eigenvalue weighted by atomic mass is 19.4. The van der Waals surface area contributed by atoms with Gasteiger partial charge in [-0.15, -0.1) is 0 Å². The Morgan fingerprint density at radius 2 is 1.61 bits per heavy atom. The van der Waals surface area contributed by atoms with Crippen LogP contribution < -0.4 is 10.6 Å². The number of nitrogens with zero attached hydrogens (tertiary/aromatic N) is 2. The number of amides is 1. The van der Waals surface area contributed by atoms with Gasteiger partial charge in [0, 0.05) is 24.1 Å². The Labute approximate surface area is 155 Å². The third-order valence-electron chi connectivity index (χ3n) is 3.57. The molecule has 3 rings (SSSR count). The maximum Gasteiger partial charge on any atom is 0.418 e. The Balaban J connectivity index is 1.73. The summed E-state index contributed by atoms with van der Waals surface area (Å²) in [5.74, 6) is -2.93. The molecule has 0 spiro atoms. The highest BCUT2D eigenvalue weighted by Crippen LogP contribution is 2.34. The number of hydrogen-bond donors (Lipinski definition) is 2. The highest BCUT2D eigenvalue weighted by Gasteiger charge is 2.33. The molecule has 10 heteroatoms. The zero-order chi connectivity index (χ0) is 20.3. The highest BCUT2D eigenvalue weighted by molar-refractivity contribution is 6.04. The molecule has 28 heavy (non-hydrogen) atoms. The van der Waals surface area contributed by atoms with E-state index < -0.39 is 35.0 Å². The summed E-state index contributed by atoms with van der Waals surface area (Å²) in [6, 6.07) is 7.61. The number of alkyl halides is 3. The maximum atomic E-state index is 13.2. The Hall–Kier alpha value is -3.56. The third kappa shape index (κ3) is 4.40. The molecule has 144 valence electrons. The van der Waals surface area contributed by atoms with Crippen molar-refractivity contribution in [2.24, 2.45) is 0 Å².